The number of nitrogens with two attached hydrogens (primary N) is 1. The minimum atomic E-state index is -4.90. The number of rotatable bonds is 6. The SMILES string of the molecule is C[C@H](O)C(=O)Nc1sc(-c2ccc(OC(F)(F)F)cc2)c([SH](=O)=O)c1C(N)=O. The van der Waals surface area contributed by atoms with Crippen LogP contribution in [0.25, 0.3) is 10.4 Å². The van der Waals surface area contributed by atoms with Crippen LogP contribution in [0.3, 0.4) is 0 Å². The van der Waals surface area contributed by atoms with Crippen LogP contribution in [0.15, 0.2) is 29.2 Å². The molecule has 2 amide bonds. The van der Waals surface area contributed by atoms with Crippen LogP contribution < -0.4 is 15.8 Å². The van der Waals surface area contributed by atoms with Crippen molar-refractivity contribution in [2.75, 3.05) is 5.32 Å². The van der Waals surface area contributed by atoms with Crippen LogP contribution in [-0.2, 0) is 15.5 Å². The number of alkyl halides is 3. The summed E-state index contributed by atoms with van der Waals surface area (Å²) in [6.45, 7) is 1.15. The maximum absolute atomic E-state index is 12.3. The van der Waals surface area contributed by atoms with Crippen molar-refractivity contribution in [2.24, 2.45) is 5.73 Å². The molecule has 8 nitrogen and oxygen atoms in total. The third-order valence-electron chi connectivity index (χ3n) is 3.28. The van der Waals surface area contributed by atoms with E-state index in [2.05, 4.69) is 10.1 Å². The first-order chi connectivity index (χ1) is 12.9. The van der Waals surface area contributed by atoms with Crippen LogP contribution in [-0.4, -0.2) is 37.8 Å². The Morgan fingerprint density at radius 1 is 1.25 bits per heavy atom. The standard InChI is InChI=1S/C15H13F3N2O6S2/c1-6(21)13(23)20-14-9(12(19)22)11(28(24)25)10(27-14)7-2-4-8(5-3-7)26-15(16,17)18/h2-6,21,28H,1H3,(H2,19,22)(H,20,23)/t6-/m0/s1. The lowest BCUT2D eigenvalue weighted by Gasteiger charge is -2.09. The van der Waals surface area contributed by atoms with Gasteiger partial charge >= 0.3 is 6.36 Å². The predicted octanol–water partition coefficient (Wildman–Crippen LogP) is 1.70. The molecular weight excluding hydrogens is 425 g/mol. The van der Waals surface area contributed by atoms with Crippen molar-refractivity contribution in [3.63, 3.8) is 0 Å². The predicted molar refractivity (Wildman–Crippen MR) is 93.8 cm³/mol. The van der Waals surface area contributed by atoms with Crippen LogP contribution in [0.4, 0.5) is 18.2 Å². The van der Waals surface area contributed by atoms with E-state index in [9.17, 15) is 36.3 Å². The Morgan fingerprint density at radius 3 is 2.25 bits per heavy atom. The molecule has 0 aliphatic rings. The summed E-state index contributed by atoms with van der Waals surface area (Å²) in [6.07, 6.45) is -6.35. The normalized spacial score (nSPS) is 12.6. The number of hydrogen-bond donors (Lipinski definition) is 4. The molecule has 0 aliphatic heterocycles. The first-order valence-corrected chi connectivity index (χ1v) is 9.36. The smallest absolute Gasteiger partial charge is 0.406 e. The van der Waals surface area contributed by atoms with Gasteiger partial charge in [0.2, 0.25) is 0 Å². The molecule has 4 N–H and O–H groups in total. The van der Waals surface area contributed by atoms with E-state index >= 15 is 0 Å². The third-order valence-corrected chi connectivity index (χ3v) is 5.40. The van der Waals surface area contributed by atoms with E-state index < -0.39 is 51.2 Å². The third kappa shape index (κ3) is 4.99. The quantitative estimate of drug-likeness (QED) is 0.507. The first-order valence-electron chi connectivity index (χ1n) is 7.36. The number of benzene rings is 1. The molecule has 1 heterocycles. The minimum Gasteiger partial charge on any atom is -0.406 e. The summed E-state index contributed by atoms with van der Waals surface area (Å²) in [7, 11) is -3.36. The highest BCUT2D eigenvalue weighted by atomic mass is 32.2. The van der Waals surface area contributed by atoms with Crippen LogP contribution >= 0.6 is 11.3 Å². The van der Waals surface area contributed by atoms with Gasteiger partial charge in [-0.05, 0) is 36.8 Å². The lowest BCUT2D eigenvalue weighted by Crippen LogP contribution is -2.25. The van der Waals surface area contributed by atoms with Crippen molar-refractivity contribution in [1.82, 2.24) is 0 Å². The van der Waals surface area contributed by atoms with Crippen LogP contribution in [0.2, 0.25) is 0 Å². The fourth-order valence-corrected chi connectivity index (χ4v) is 4.38. The Balaban J connectivity index is 2.57. The number of thiol groups is 1. The summed E-state index contributed by atoms with van der Waals surface area (Å²) in [6, 6.07) is 4.23. The van der Waals surface area contributed by atoms with E-state index in [0.717, 1.165) is 31.2 Å². The summed E-state index contributed by atoms with van der Waals surface area (Å²) < 4.78 is 63.9. The Hall–Kier alpha value is -2.64. The molecular formula is C15H13F3N2O6S2. The zero-order valence-corrected chi connectivity index (χ0v) is 15.7. The fourth-order valence-electron chi connectivity index (χ4n) is 2.13. The molecule has 0 spiro atoms. The zero-order chi connectivity index (χ0) is 21.2. The number of hydrogen-bond acceptors (Lipinski definition) is 7. The Morgan fingerprint density at radius 2 is 1.82 bits per heavy atom. The van der Waals surface area contributed by atoms with Gasteiger partial charge in [-0.3, -0.25) is 9.59 Å². The fraction of sp³-hybridized carbons (Fsp3) is 0.200. The number of halogens is 3. The molecule has 13 heteroatoms. The largest absolute Gasteiger partial charge is 0.573 e. The molecule has 152 valence electrons. The molecule has 2 rings (SSSR count). The van der Waals surface area contributed by atoms with E-state index in [1.807, 2.05) is 0 Å². The van der Waals surface area contributed by atoms with Gasteiger partial charge in [0.15, 0.2) is 10.7 Å². The number of carbonyl (C=O) groups excluding carboxylic acids is 2. The van der Waals surface area contributed by atoms with Crippen molar-refractivity contribution in [3.05, 3.63) is 29.8 Å². The zero-order valence-electron chi connectivity index (χ0n) is 13.9. The van der Waals surface area contributed by atoms with Crippen molar-refractivity contribution in [3.8, 4) is 16.2 Å². The molecule has 0 saturated carbocycles. The molecule has 0 saturated heterocycles. The molecule has 0 radical (unpaired) electrons. The summed E-state index contributed by atoms with van der Waals surface area (Å²) >= 11 is 0.670. The van der Waals surface area contributed by atoms with E-state index in [-0.39, 0.29) is 15.4 Å². The highest BCUT2D eigenvalue weighted by molar-refractivity contribution is 7.73. The molecule has 0 fully saturated rings. The van der Waals surface area contributed by atoms with Crippen molar-refractivity contribution < 1.29 is 41.0 Å². The van der Waals surface area contributed by atoms with Crippen LogP contribution in [0.1, 0.15) is 17.3 Å². The topological polar surface area (TPSA) is 136 Å². The Labute approximate surface area is 161 Å². The Bertz CT molecular complexity index is 973. The van der Waals surface area contributed by atoms with Gasteiger partial charge in [0.05, 0.1) is 15.3 Å². The molecule has 1 atom stereocenters. The second-order valence-electron chi connectivity index (χ2n) is 5.34. The second kappa shape index (κ2) is 8.16. The van der Waals surface area contributed by atoms with E-state index in [1.54, 1.807) is 0 Å². The maximum atomic E-state index is 12.3. The lowest BCUT2D eigenvalue weighted by atomic mass is 10.1. The first kappa shape index (κ1) is 21.7. The number of anilines is 1. The van der Waals surface area contributed by atoms with Crippen molar-refractivity contribution in [1.29, 1.82) is 0 Å². The average molecular weight is 438 g/mol. The number of ether oxygens (including phenoxy) is 1. The summed E-state index contributed by atoms with van der Waals surface area (Å²) in [5, 5.41) is 11.3. The molecule has 0 unspecified atom stereocenters. The van der Waals surface area contributed by atoms with Crippen LogP contribution in [0, 0.1) is 0 Å². The van der Waals surface area contributed by atoms with E-state index in [4.69, 9.17) is 5.73 Å². The average Bonchev–Trinajstić information content (AvgIpc) is 2.93. The molecule has 28 heavy (non-hydrogen) atoms. The summed E-state index contributed by atoms with van der Waals surface area (Å²) in [4.78, 5) is 23.0. The van der Waals surface area contributed by atoms with Gasteiger partial charge in [0.1, 0.15) is 16.9 Å². The molecule has 1 aromatic carbocycles. The van der Waals surface area contributed by atoms with Gasteiger partial charge in [0, 0.05) is 0 Å². The van der Waals surface area contributed by atoms with Gasteiger partial charge in [-0.25, -0.2) is 8.42 Å². The van der Waals surface area contributed by atoms with Gasteiger partial charge in [-0.2, -0.15) is 0 Å². The number of nitrogens with one attached hydrogen (secondary N) is 1. The maximum Gasteiger partial charge on any atom is 0.573 e. The van der Waals surface area contributed by atoms with Gasteiger partial charge < -0.3 is 20.9 Å². The van der Waals surface area contributed by atoms with Crippen LogP contribution in [0.5, 0.6) is 5.75 Å². The highest BCUT2D eigenvalue weighted by Crippen LogP contribution is 2.41. The number of aliphatic hydroxyl groups excluding tert-OH is 1. The van der Waals surface area contributed by atoms with Gasteiger partial charge in [-0.1, -0.05) is 0 Å². The number of aliphatic hydroxyl groups is 1. The molecule has 1 aromatic heterocycles. The number of amides is 2. The molecule has 2 aromatic rings. The number of carbonyl (C=O) groups is 2. The van der Waals surface area contributed by atoms with Crippen molar-refractivity contribution in [2.45, 2.75) is 24.3 Å². The van der Waals surface area contributed by atoms with E-state index in [1.165, 1.54) is 0 Å². The monoisotopic (exact) mass is 438 g/mol. The summed E-state index contributed by atoms with van der Waals surface area (Å²) in [5.74, 6) is -2.58. The van der Waals surface area contributed by atoms with Crippen molar-refractivity contribution >= 4 is 38.9 Å². The minimum absolute atomic E-state index is 0.0237. The molecule has 0 aliphatic carbocycles. The summed E-state index contributed by atoms with van der Waals surface area (Å²) in [5.41, 5.74) is 4.89. The lowest BCUT2D eigenvalue weighted by molar-refractivity contribution is -0.274. The second-order valence-corrected chi connectivity index (χ2v) is 7.32. The highest BCUT2D eigenvalue weighted by Gasteiger charge is 2.31. The number of thiophene rings is 1. The van der Waals surface area contributed by atoms with Gasteiger partial charge in [-0.15, -0.1) is 24.5 Å². The van der Waals surface area contributed by atoms with Gasteiger partial charge in [0.25, 0.3) is 11.8 Å². The molecule has 0 bridgehead atoms. The number of primary amides is 1. The Kier molecular flexibility index (Phi) is 6.31. The van der Waals surface area contributed by atoms with E-state index in [0.29, 0.717) is 11.3 Å².